The van der Waals surface area contributed by atoms with Crippen molar-refractivity contribution >= 4 is 23.5 Å². The van der Waals surface area contributed by atoms with Crippen LogP contribution in [0, 0.1) is 0 Å². The molecular weight excluding hydrogens is 302 g/mol. The fourth-order valence-electron chi connectivity index (χ4n) is 2.48. The molecular formula is C17H20ClNO3. The van der Waals surface area contributed by atoms with Crippen LogP contribution in [0.25, 0.3) is 0 Å². The summed E-state index contributed by atoms with van der Waals surface area (Å²) in [6.07, 6.45) is 0.816. The SMILES string of the molecule is CC[C@H](C)OC(=O)C1=C(C)NC(=O)C[C@H]1c1ccc(Cl)cc1. The van der Waals surface area contributed by atoms with Gasteiger partial charge in [-0.15, -0.1) is 0 Å². The van der Waals surface area contributed by atoms with Gasteiger partial charge in [-0.25, -0.2) is 4.79 Å². The van der Waals surface area contributed by atoms with E-state index in [-0.39, 0.29) is 30.3 Å². The van der Waals surface area contributed by atoms with Gasteiger partial charge in [0, 0.05) is 23.1 Å². The number of esters is 1. The zero-order valence-corrected chi connectivity index (χ0v) is 13.7. The molecule has 1 aromatic carbocycles. The Morgan fingerprint density at radius 1 is 1.41 bits per heavy atom. The van der Waals surface area contributed by atoms with Crippen molar-refractivity contribution in [2.75, 3.05) is 0 Å². The van der Waals surface area contributed by atoms with Crippen molar-refractivity contribution in [2.45, 2.75) is 45.6 Å². The molecule has 22 heavy (non-hydrogen) atoms. The summed E-state index contributed by atoms with van der Waals surface area (Å²) >= 11 is 5.91. The molecule has 1 heterocycles. The van der Waals surface area contributed by atoms with Crippen molar-refractivity contribution in [3.8, 4) is 0 Å². The Balaban J connectivity index is 2.36. The average molecular weight is 322 g/mol. The van der Waals surface area contributed by atoms with Crippen LogP contribution >= 0.6 is 11.6 Å². The van der Waals surface area contributed by atoms with E-state index in [4.69, 9.17) is 16.3 Å². The van der Waals surface area contributed by atoms with Gasteiger partial charge in [0.25, 0.3) is 0 Å². The Hall–Kier alpha value is -1.81. The normalized spacial score (nSPS) is 19.6. The second kappa shape index (κ2) is 6.97. The molecule has 1 amide bonds. The first-order chi connectivity index (χ1) is 10.4. The smallest absolute Gasteiger partial charge is 0.336 e. The highest BCUT2D eigenvalue weighted by molar-refractivity contribution is 6.30. The van der Waals surface area contributed by atoms with Crippen LogP contribution in [0.15, 0.2) is 35.5 Å². The highest BCUT2D eigenvalue weighted by atomic mass is 35.5. The number of allylic oxidation sites excluding steroid dienone is 1. The van der Waals surface area contributed by atoms with Crippen molar-refractivity contribution < 1.29 is 14.3 Å². The van der Waals surface area contributed by atoms with Crippen LogP contribution in [-0.2, 0) is 14.3 Å². The third-order valence-corrected chi connectivity index (χ3v) is 4.10. The number of amides is 1. The van der Waals surface area contributed by atoms with E-state index < -0.39 is 0 Å². The Labute approximate surface area is 135 Å². The van der Waals surface area contributed by atoms with E-state index in [2.05, 4.69) is 5.32 Å². The minimum atomic E-state index is -0.369. The van der Waals surface area contributed by atoms with Crippen LogP contribution in [0.1, 0.15) is 45.1 Å². The van der Waals surface area contributed by atoms with E-state index >= 15 is 0 Å². The number of halogens is 1. The highest BCUT2D eigenvalue weighted by Gasteiger charge is 2.33. The average Bonchev–Trinajstić information content (AvgIpc) is 2.46. The maximum atomic E-state index is 12.5. The second-order valence-corrected chi connectivity index (χ2v) is 5.96. The van der Waals surface area contributed by atoms with Crippen molar-refractivity contribution in [3.05, 3.63) is 46.1 Å². The Morgan fingerprint density at radius 2 is 2.05 bits per heavy atom. The third kappa shape index (κ3) is 3.69. The summed E-state index contributed by atoms with van der Waals surface area (Å²) in [5, 5.41) is 3.35. The molecule has 1 aliphatic heterocycles. The van der Waals surface area contributed by atoms with Crippen LogP contribution in [0.2, 0.25) is 5.02 Å². The summed E-state index contributed by atoms with van der Waals surface area (Å²) in [5.74, 6) is -0.771. The predicted octanol–water partition coefficient (Wildman–Crippen LogP) is 3.56. The lowest BCUT2D eigenvalue weighted by atomic mass is 9.84. The van der Waals surface area contributed by atoms with Crippen LogP contribution in [-0.4, -0.2) is 18.0 Å². The summed E-state index contributed by atoms with van der Waals surface area (Å²) in [7, 11) is 0. The summed E-state index contributed by atoms with van der Waals surface area (Å²) in [5.41, 5.74) is 1.96. The van der Waals surface area contributed by atoms with E-state index in [9.17, 15) is 9.59 Å². The van der Waals surface area contributed by atoms with E-state index in [1.807, 2.05) is 26.0 Å². The third-order valence-electron chi connectivity index (χ3n) is 3.84. The molecule has 0 aromatic heterocycles. The van der Waals surface area contributed by atoms with Crippen molar-refractivity contribution in [1.82, 2.24) is 5.32 Å². The van der Waals surface area contributed by atoms with Gasteiger partial charge in [-0.3, -0.25) is 4.79 Å². The van der Waals surface area contributed by atoms with Gasteiger partial charge in [-0.2, -0.15) is 0 Å². The molecule has 0 bridgehead atoms. The van der Waals surface area contributed by atoms with Crippen LogP contribution < -0.4 is 5.32 Å². The maximum absolute atomic E-state index is 12.5. The van der Waals surface area contributed by atoms with Gasteiger partial charge in [0.1, 0.15) is 0 Å². The molecule has 118 valence electrons. The molecule has 0 fully saturated rings. The molecule has 1 N–H and O–H groups in total. The molecule has 0 radical (unpaired) electrons. The second-order valence-electron chi connectivity index (χ2n) is 5.52. The number of hydrogen-bond donors (Lipinski definition) is 1. The first-order valence-electron chi connectivity index (χ1n) is 7.39. The Kier molecular flexibility index (Phi) is 5.24. The molecule has 0 spiro atoms. The van der Waals surface area contributed by atoms with Gasteiger partial charge < -0.3 is 10.1 Å². The molecule has 0 saturated carbocycles. The largest absolute Gasteiger partial charge is 0.459 e. The lowest BCUT2D eigenvalue weighted by Crippen LogP contribution is -2.34. The van der Waals surface area contributed by atoms with Crippen LogP contribution in [0.3, 0.4) is 0 Å². The molecule has 2 atom stereocenters. The zero-order valence-electron chi connectivity index (χ0n) is 13.0. The van der Waals surface area contributed by atoms with Crippen LogP contribution in [0.5, 0.6) is 0 Å². The number of nitrogens with one attached hydrogen (secondary N) is 1. The van der Waals surface area contributed by atoms with Crippen LogP contribution in [0.4, 0.5) is 0 Å². The molecule has 0 aliphatic carbocycles. The molecule has 1 aromatic rings. The zero-order chi connectivity index (χ0) is 16.3. The fraction of sp³-hybridized carbons (Fsp3) is 0.412. The van der Waals surface area contributed by atoms with Crippen molar-refractivity contribution in [3.63, 3.8) is 0 Å². The summed E-state index contributed by atoms with van der Waals surface area (Å²) in [4.78, 5) is 24.3. The number of benzene rings is 1. The minimum Gasteiger partial charge on any atom is -0.459 e. The van der Waals surface area contributed by atoms with Gasteiger partial charge in [-0.1, -0.05) is 30.7 Å². The van der Waals surface area contributed by atoms with Gasteiger partial charge in [0.05, 0.1) is 11.7 Å². The van der Waals surface area contributed by atoms with Gasteiger partial charge >= 0.3 is 5.97 Å². The van der Waals surface area contributed by atoms with Crippen molar-refractivity contribution in [2.24, 2.45) is 0 Å². The van der Waals surface area contributed by atoms with E-state index in [1.165, 1.54) is 0 Å². The summed E-state index contributed by atoms with van der Waals surface area (Å²) in [6, 6.07) is 7.21. The predicted molar refractivity (Wildman–Crippen MR) is 85.5 cm³/mol. The number of ether oxygens (including phenoxy) is 1. The van der Waals surface area contributed by atoms with Gasteiger partial charge in [0.15, 0.2) is 0 Å². The number of carbonyl (C=O) groups excluding carboxylic acids is 2. The van der Waals surface area contributed by atoms with E-state index in [1.54, 1.807) is 19.1 Å². The molecule has 5 heteroatoms. The Morgan fingerprint density at radius 3 is 2.64 bits per heavy atom. The number of hydrogen-bond acceptors (Lipinski definition) is 3. The monoisotopic (exact) mass is 321 g/mol. The highest BCUT2D eigenvalue weighted by Crippen LogP contribution is 2.34. The van der Waals surface area contributed by atoms with E-state index in [0.717, 1.165) is 12.0 Å². The first-order valence-corrected chi connectivity index (χ1v) is 7.77. The molecule has 2 rings (SSSR count). The molecule has 0 unspecified atom stereocenters. The molecule has 1 aliphatic rings. The molecule has 0 saturated heterocycles. The standard InChI is InChI=1S/C17H20ClNO3/c1-4-10(2)22-17(21)16-11(3)19-15(20)9-14(16)12-5-7-13(18)8-6-12/h5-8,10,14H,4,9H2,1-3H3,(H,19,20)/t10-,14-/m0/s1. The fourth-order valence-corrected chi connectivity index (χ4v) is 2.61. The maximum Gasteiger partial charge on any atom is 0.336 e. The topological polar surface area (TPSA) is 55.4 Å². The summed E-state index contributed by atoms with van der Waals surface area (Å²) in [6.45, 7) is 5.54. The van der Waals surface area contributed by atoms with E-state index in [0.29, 0.717) is 16.3 Å². The first kappa shape index (κ1) is 16.6. The number of carbonyl (C=O) groups is 2. The van der Waals surface area contributed by atoms with Gasteiger partial charge in [0.2, 0.25) is 5.91 Å². The lowest BCUT2D eigenvalue weighted by Gasteiger charge is -2.27. The van der Waals surface area contributed by atoms with Crippen molar-refractivity contribution in [1.29, 1.82) is 0 Å². The molecule has 4 nitrogen and oxygen atoms in total. The van der Waals surface area contributed by atoms with Gasteiger partial charge in [-0.05, 0) is 38.0 Å². The quantitative estimate of drug-likeness (QED) is 0.863. The number of rotatable bonds is 4. The Bertz CT molecular complexity index is 607. The minimum absolute atomic E-state index is 0.0995. The summed E-state index contributed by atoms with van der Waals surface area (Å²) < 4.78 is 5.45. The lowest BCUT2D eigenvalue weighted by molar-refractivity contribution is -0.144.